The summed E-state index contributed by atoms with van der Waals surface area (Å²) in [6, 6.07) is 11.1. The molecular weight excluding hydrogens is 544 g/mol. The summed E-state index contributed by atoms with van der Waals surface area (Å²) in [4.78, 5) is 20.7. The van der Waals surface area contributed by atoms with Crippen molar-refractivity contribution in [3.05, 3.63) is 35.5 Å². The quantitative estimate of drug-likeness (QED) is 0.282. The van der Waals surface area contributed by atoms with E-state index in [-0.39, 0.29) is 18.6 Å². The number of hydrogen-bond donors (Lipinski definition) is 3. The minimum absolute atomic E-state index is 0.0132. The van der Waals surface area contributed by atoms with Crippen molar-refractivity contribution in [1.29, 1.82) is 5.26 Å². The first-order valence-electron chi connectivity index (χ1n) is 14.5. The highest BCUT2D eigenvalue weighted by Crippen LogP contribution is 2.32. The Balaban J connectivity index is 1.28. The molecule has 0 amide bonds. The summed E-state index contributed by atoms with van der Waals surface area (Å²) >= 11 is 6.55. The highest BCUT2D eigenvalue weighted by Gasteiger charge is 2.32. The van der Waals surface area contributed by atoms with Gasteiger partial charge in [-0.2, -0.15) is 5.26 Å². The molecule has 0 radical (unpaired) electrons. The molecule has 2 aromatic rings. The topological polar surface area (TPSA) is 130 Å². The van der Waals surface area contributed by atoms with E-state index in [1.54, 1.807) is 13.1 Å². The molecule has 1 aliphatic carbocycles. The Kier molecular flexibility index (Phi) is 11.6. The Labute approximate surface area is 247 Å². The lowest BCUT2D eigenvalue weighted by Crippen LogP contribution is -2.43. The molecule has 1 aliphatic heterocycles. The van der Waals surface area contributed by atoms with Gasteiger partial charge in [0.15, 0.2) is 0 Å². The average molecular weight is 585 g/mol. The molecule has 3 heterocycles. The van der Waals surface area contributed by atoms with Gasteiger partial charge in [0.25, 0.3) is 0 Å². The molecule has 1 atom stereocenters. The fourth-order valence-corrected chi connectivity index (χ4v) is 5.53. The molecule has 4 rings (SSSR count). The van der Waals surface area contributed by atoms with Crippen molar-refractivity contribution < 1.29 is 19.0 Å². The van der Waals surface area contributed by atoms with Gasteiger partial charge < -0.3 is 30.2 Å². The molecule has 0 bridgehead atoms. The molecule has 10 nitrogen and oxygen atoms in total. The predicted molar refractivity (Wildman–Crippen MR) is 159 cm³/mol. The summed E-state index contributed by atoms with van der Waals surface area (Å²) in [5.41, 5.74) is 1.11. The number of carbonyl (C=O) groups excluding carboxylic acids is 1. The number of esters is 1. The standard InChI is InChI=1S/C30H41ClN6O4/c1-3-41-29(38)18-40-17-21(2)35-22-7-9-23(10-8-22)36-28-15-24(25(31)16-33-28)26-5-4-6-27(37-26)34-20-30(19-32)11-13-39-14-12-30/h4-6,15-16,21-23,35H,3,7-14,17-18,20H2,1-2H3,(H,33,36)(H,34,37). The fourth-order valence-electron chi connectivity index (χ4n) is 5.33. The fraction of sp³-hybridized carbons (Fsp3) is 0.600. The van der Waals surface area contributed by atoms with Crippen molar-refractivity contribution >= 4 is 29.2 Å². The SMILES string of the molecule is CCOC(=O)COCC(C)NC1CCC(Nc2cc(-c3cccc(NCC4(C#N)CCOCC4)n3)c(Cl)cn2)CC1. The second-order valence-corrected chi connectivity index (χ2v) is 11.3. The third-order valence-corrected chi connectivity index (χ3v) is 7.97. The Morgan fingerprint density at radius 2 is 1.98 bits per heavy atom. The van der Waals surface area contributed by atoms with Crippen molar-refractivity contribution in [3.63, 3.8) is 0 Å². The van der Waals surface area contributed by atoms with E-state index >= 15 is 0 Å². The first-order valence-corrected chi connectivity index (χ1v) is 14.9. The third kappa shape index (κ3) is 9.27. The summed E-state index contributed by atoms with van der Waals surface area (Å²) < 4.78 is 15.8. The Morgan fingerprint density at radius 3 is 2.71 bits per heavy atom. The summed E-state index contributed by atoms with van der Waals surface area (Å²) in [5.74, 6) is 1.15. The number of hydrogen-bond acceptors (Lipinski definition) is 10. The number of halogens is 1. The maximum atomic E-state index is 11.4. The summed E-state index contributed by atoms with van der Waals surface area (Å²) in [6.07, 6.45) is 7.18. The van der Waals surface area contributed by atoms with Crippen LogP contribution in [0.15, 0.2) is 30.5 Å². The van der Waals surface area contributed by atoms with Gasteiger partial charge in [-0.05, 0) is 70.6 Å². The Bertz CT molecular complexity index is 1180. The minimum atomic E-state index is -0.439. The lowest BCUT2D eigenvalue weighted by atomic mass is 9.82. The number of aromatic nitrogens is 2. The molecular formula is C30H41ClN6O4. The van der Waals surface area contributed by atoms with Crippen molar-refractivity contribution in [2.75, 3.05) is 50.2 Å². The van der Waals surface area contributed by atoms with Crippen LogP contribution in [0.5, 0.6) is 0 Å². The number of anilines is 2. The van der Waals surface area contributed by atoms with E-state index < -0.39 is 5.41 Å². The molecule has 3 N–H and O–H groups in total. The van der Waals surface area contributed by atoms with Crippen molar-refractivity contribution in [1.82, 2.24) is 15.3 Å². The first-order chi connectivity index (χ1) is 19.9. The van der Waals surface area contributed by atoms with E-state index in [1.807, 2.05) is 24.3 Å². The average Bonchev–Trinajstić information content (AvgIpc) is 2.99. The zero-order valence-electron chi connectivity index (χ0n) is 24.0. The van der Waals surface area contributed by atoms with Gasteiger partial charge in [0.2, 0.25) is 0 Å². The zero-order valence-corrected chi connectivity index (χ0v) is 24.7. The largest absolute Gasteiger partial charge is 0.464 e. The molecule has 41 heavy (non-hydrogen) atoms. The van der Waals surface area contributed by atoms with E-state index in [0.717, 1.165) is 42.8 Å². The van der Waals surface area contributed by atoms with E-state index in [0.29, 0.717) is 68.7 Å². The monoisotopic (exact) mass is 584 g/mol. The number of nitrogens with zero attached hydrogens (tertiary/aromatic N) is 3. The van der Waals surface area contributed by atoms with Crippen molar-refractivity contribution in [3.8, 4) is 17.3 Å². The van der Waals surface area contributed by atoms with Gasteiger partial charge in [0.05, 0.1) is 35.4 Å². The second-order valence-electron chi connectivity index (χ2n) is 10.9. The molecule has 1 saturated carbocycles. The van der Waals surface area contributed by atoms with Gasteiger partial charge in [-0.3, -0.25) is 0 Å². The predicted octanol–water partition coefficient (Wildman–Crippen LogP) is 4.81. The van der Waals surface area contributed by atoms with Gasteiger partial charge in [0, 0.05) is 49.6 Å². The van der Waals surface area contributed by atoms with Crippen LogP contribution in [-0.4, -0.2) is 73.6 Å². The molecule has 1 unspecified atom stereocenters. The van der Waals surface area contributed by atoms with Crippen LogP contribution in [0.3, 0.4) is 0 Å². The summed E-state index contributed by atoms with van der Waals surface area (Å²) in [7, 11) is 0. The van der Waals surface area contributed by atoms with Gasteiger partial charge in [-0.25, -0.2) is 14.8 Å². The number of pyridine rings is 2. The highest BCUT2D eigenvalue weighted by molar-refractivity contribution is 6.33. The minimum Gasteiger partial charge on any atom is -0.464 e. The van der Waals surface area contributed by atoms with Gasteiger partial charge in [-0.1, -0.05) is 17.7 Å². The zero-order chi connectivity index (χ0) is 29.1. The molecule has 0 spiro atoms. The Morgan fingerprint density at radius 1 is 1.22 bits per heavy atom. The summed E-state index contributed by atoms with van der Waals surface area (Å²) in [6.45, 7) is 6.41. The van der Waals surface area contributed by atoms with Crippen LogP contribution in [0, 0.1) is 16.7 Å². The Hall–Kier alpha value is -2.97. The molecule has 0 aromatic carbocycles. The maximum absolute atomic E-state index is 11.4. The maximum Gasteiger partial charge on any atom is 0.332 e. The van der Waals surface area contributed by atoms with Gasteiger partial charge >= 0.3 is 5.97 Å². The van der Waals surface area contributed by atoms with Gasteiger partial charge in [-0.15, -0.1) is 0 Å². The lowest BCUT2D eigenvalue weighted by Gasteiger charge is -2.32. The van der Waals surface area contributed by atoms with E-state index in [2.05, 4.69) is 33.9 Å². The van der Waals surface area contributed by atoms with Crippen LogP contribution in [-0.2, 0) is 19.0 Å². The molecule has 11 heteroatoms. The smallest absolute Gasteiger partial charge is 0.332 e. The molecule has 2 aromatic heterocycles. The normalized spacial score (nSPS) is 20.9. The number of carbonyl (C=O) groups is 1. The first kappa shape index (κ1) is 31.0. The van der Waals surface area contributed by atoms with Crippen LogP contribution in [0.2, 0.25) is 5.02 Å². The van der Waals surface area contributed by atoms with Crippen LogP contribution >= 0.6 is 11.6 Å². The number of nitriles is 1. The molecule has 1 saturated heterocycles. The van der Waals surface area contributed by atoms with Crippen LogP contribution < -0.4 is 16.0 Å². The number of rotatable bonds is 13. The van der Waals surface area contributed by atoms with Crippen LogP contribution in [0.25, 0.3) is 11.3 Å². The molecule has 222 valence electrons. The second kappa shape index (κ2) is 15.3. The van der Waals surface area contributed by atoms with E-state index in [4.69, 9.17) is 30.8 Å². The van der Waals surface area contributed by atoms with E-state index in [9.17, 15) is 10.1 Å². The number of nitrogens with one attached hydrogen (secondary N) is 3. The van der Waals surface area contributed by atoms with E-state index in [1.165, 1.54) is 0 Å². The van der Waals surface area contributed by atoms with Gasteiger partial charge in [0.1, 0.15) is 18.2 Å². The van der Waals surface area contributed by atoms with Crippen molar-refractivity contribution in [2.45, 2.75) is 70.5 Å². The van der Waals surface area contributed by atoms with Crippen LogP contribution in [0.1, 0.15) is 52.4 Å². The number of ether oxygens (including phenoxy) is 3. The van der Waals surface area contributed by atoms with Crippen LogP contribution in [0.4, 0.5) is 11.6 Å². The third-order valence-electron chi connectivity index (χ3n) is 7.67. The highest BCUT2D eigenvalue weighted by atomic mass is 35.5. The summed E-state index contributed by atoms with van der Waals surface area (Å²) in [5, 5.41) is 20.8. The van der Waals surface area contributed by atoms with Crippen molar-refractivity contribution in [2.24, 2.45) is 5.41 Å². The molecule has 2 fully saturated rings. The lowest BCUT2D eigenvalue weighted by molar-refractivity contribution is -0.148. The molecule has 2 aliphatic rings.